The minimum atomic E-state index is -0.916. The monoisotopic (exact) mass is 425 g/mol. The van der Waals surface area contributed by atoms with Gasteiger partial charge in [0.25, 0.3) is 11.6 Å². The molecule has 31 heavy (non-hydrogen) atoms. The lowest BCUT2D eigenvalue weighted by Crippen LogP contribution is -2.51. The molecule has 0 spiro atoms. The molecule has 0 saturated carbocycles. The summed E-state index contributed by atoms with van der Waals surface area (Å²) in [5, 5.41) is 14.1. The molecule has 1 atom stereocenters. The van der Waals surface area contributed by atoms with E-state index in [1.807, 2.05) is 13.8 Å². The maximum absolute atomic E-state index is 13.4. The van der Waals surface area contributed by atoms with Crippen molar-refractivity contribution in [3.63, 3.8) is 0 Å². The van der Waals surface area contributed by atoms with Gasteiger partial charge in [0.2, 0.25) is 0 Å². The summed E-state index contributed by atoms with van der Waals surface area (Å²) in [5.41, 5.74) is 1.23. The van der Waals surface area contributed by atoms with Gasteiger partial charge in [0, 0.05) is 48.8 Å². The predicted octanol–water partition coefficient (Wildman–Crippen LogP) is 2.19. The highest BCUT2D eigenvalue weighted by molar-refractivity contribution is 6.09. The maximum Gasteiger partial charge on any atom is 0.337 e. The number of carbonyl (C=O) groups is 3. The zero-order chi connectivity index (χ0) is 22.5. The summed E-state index contributed by atoms with van der Waals surface area (Å²) in [6.07, 6.45) is 0.825. The van der Waals surface area contributed by atoms with Crippen LogP contribution >= 0.6 is 0 Å². The summed E-state index contributed by atoms with van der Waals surface area (Å²) in [4.78, 5) is 51.8. The van der Waals surface area contributed by atoms with Crippen LogP contribution < -0.4 is 5.32 Å². The van der Waals surface area contributed by atoms with Gasteiger partial charge in [0.15, 0.2) is 5.78 Å². The van der Waals surface area contributed by atoms with Crippen molar-refractivity contribution in [1.29, 1.82) is 0 Å². The zero-order valence-corrected chi connectivity index (χ0v) is 17.6. The van der Waals surface area contributed by atoms with Crippen molar-refractivity contribution in [2.45, 2.75) is 32.6 Å². The fourth-order valence-corrected chi connectivity index (χ4v) is 4.76. The molecule has 2 heterocycles. The third-order valence-electron chi connectivity index (χ3n) is 5.98. The molecule has 1 aromatic rings. The standard InChI is InChI=1S/C22H23N3O6/c1-22(2)10-14-17(15(26)11-22)16(12-5-4-6-13(9-12)25(29)30)18(21(28)31-3)19-20(27)23-7-8-24(14)19/h4-6,9,16H,7-8,10-11H2,1-3H3,(H,23,27)/t16-/m0/s1. The van der Waals surface area contributed by atoms with Gasteiger partial charge >= 0.3 is 5.97 Å². The molecule has 1 aromatic carbocycles. The van der Waals surface area contributed by atoms with Crippen LogP contribution in [0.3, 0.4) is 0 Å². The zero-order valence-electron chi connectivity index (χ0n) is 17.6. The van der Waals surface area contributed by atoms with Gasteiger partial charge in [-0.1, -0.05) is 26.0 Å². The number of hydrogen-bond donors (Lipinski definition) is 1. The molecule has 9 heteroatoms. The lowest BCUT2D eigenvalue weighted by atomic mass is 9.67. The molecule has 0 aromatic heterocycles. The van der Waals surface area contributed by atoms with E-state index in [9.17, 15) is 24.5 Å². The number of rotatable bonds is 3. The molecule has 0 unspecified atom stereocenters. The molecule has 4 rings (SSSR count). The van der Waals surface area contributed by atoms with Crippen LogP contribution in [0, 0.1) is 15.5 Å². The number of allylic oxidation sites excluding steroid dienone is 2. The predicted molar refractivity (Wildman–Crippen MR) is 110 cm³/mol. The fraction of sp³-hybridized carbons (Fsp3) is 0.409. The number of ether oxygens (including phenoxy) is 1. The van der Waals surface area contributed by atoms with Gasteiger partial charge < -0.3 is 15.0 Å². The molecule has 3 aliphatic rings. The Morgan fingerprint density at radius 3 is 2.71 bits per heavy atom. The quantitative estimate of drug-likeness (QED) is 0.448. The first-order valence-corrected chi connectivity index (χ1v) is 10.0. The number of hydrogen-bond acceptors (Lipinski definition) is 7. The number of nitrogens with one attached hydrogen (secondary N) is 1. The van der Waals surface area contributed by atoms with E-state index in [1.165, 1.54) is 25.3 Å². The van der Waals surface area contributed by atoms with Crippen LogP contribution in [0.2, 0.25) is 0 Å². The van der Waals surface area contributed by atoms with E-state index in [0.29, 0.717) is 36.3 Å². The number of carbonyl (C=O) groups excluding carboxylic acids is 3. The second kappa shape index (κ2) is 7.33. The smallest absolute Gasteiger partial charge is 0.337 e. The average Bonchev–Trinajstić information content (AvgIpc) is 2.72. The second-order valence-electron chi connectivity index (χ2n) is 8.75. The molecule has 1 aliphatic carbocycles. The maximum atomic E-state index is 13.4. The minimum absolute atomic E-state index is 0.0343. The third kappa shape index (κ3) is 3.39. The van der Waals surface area contributed by atoms with Gasteiger partial charge in [-0.05, 0) is 17.4 Å². The Bertz CT molecular complexity index is 1080. The summed E-state index contributed by atoms with van der Waals surface area (Å²) in [6, 6.07) is 5.84. The van der Waals surface area contributed by atoms with E-state index in [4.69, 9.17) is 4.74 Å². The van der Waals surface area contributed by atoms with Crippen molar-refractivity contribution < 1.29 is 24.0 Å². The fourth-order valence-electron chi connectivity index (χ4n) is 4.76. The van der Waals surface area contributed by atoms with E-state index in [1.54, 1.807) is 11.0 Å². The van der Waals surface area contributed by atoms with E-state index < -0.39 is 22.7 Å². The molecular formula is C22H23N3O6. The van der Waals surface area contributed by atoms with Crippen LogP contribution in [0.25, 0.3) is 0 Å². The molecule has 1 N–H and O–H groups in total. The molecule has 2 aliphatic heterocycles. The van der Waals surface area contributed by atoms with Crippen LogP contribution in [-0.4, -0.2) is 47.7 Å². The van der Waals surface area contributed by atoms with Crippen LogP contribution in [0.1, 0.15) is 38.2 Å². The number of non-ortho nitro benzene ring substituents is 1. The number of benzene rings is 1. The lowest BCUT2D eigenvalue weighted by Gasteiger charge is -2.46. The van der Waals surface area contributed by atoms with Gasteiger partial charge in [-0.3, -0.25) is 19.7 Å². The summed E-state index contributed by atoms with van der Waals surface area (Å²) >= 11 is 0. The van der Waals surface area contributed by atoms with Crippen molar-refractivity contribution in [3.05, 3.63) is 62.5 Å². The van der Waals surface area contributed by atoms with Crippen LogP contribution in [0.5, 0.6) is 0 Å². The highest BCUT2D eigenvalue weighted by atomic mass is 16.6. The summed E-state index contributed by atoms with van der Waals surface area (Å²) in [5.74, 6) is -2.21. The summed E-state index contributed by atoms with van der Waals surface area (Å²) in [7, 11) is 1.21. The SMILES string of the molecule is COC(=O)C1=C2C(=O)NCCN2C2=C(C(=O)CC(C)(C)C2)[C@@H]1c1cccc([N+](=O)[O-])c1. The highest BCUT2D eigenvalue weighted by Gasteiger charge is 2.48. The first kappa shape index (κ1) is 20.8. The molecule has 1 amide bonds. The number of fused-ring (bicyclic) bond motifs is 2. The van der Waals surface area contributed by atoms with Crippen molar-refractivity contribution in [2.24, 2.45) is 5.41 Å². The van der Waals surface area contributed by atoms with Crippen LogP contribution in [0.4, 0.5) is 5.69 Å². The molecule has 162 valence electrons. The molecule has 9 nitrogen and oxygen atoms in total. The number of nitro groups is 1. The van der Waals surface area contributed by atoms with Crippen molar-refractivity contribution >= 4 is 23.3 Å². The topological polar surface area (TPSA) is 119 Å². The molecule has 0 bridgehead atoms. The van der Waals surface area contributed by atoms with Gasteiger partial charge in [0.05, 0.1) is 17.6 Å². The van der Waals surface area contributed by atoms with Crippen molar-refractivity contribution in [1.82, 2.24) is 10.2 Å². The normalized spacial score (nSPS) is 22.5. The number of ketones is 1. The second-order valence-corrected chi connectivity index (χ2v) is 8.75. The Hall–Kier alpha value is -3.49. The van der Waals surface area contributed by atoms with Gasteiger partial charge in [-0.15, -0.1) is 0 Å². The van der Waals surface area contributed by atoms with E-state index in [-0.39, 0.29) is 34.6 Å². The Morgan fingerprint density at radius 2 is 2.03 bits per heavy atom. The lowest BCUT2D eigenvalue weighted by molar-refractivity contribution is -0.384. The van der Waals surface area contributed by atoms with Gasteiger partial charge in [0.1, 0.15) is 5.70 Å². The van der Waals surface area contributed by atoms with Gasteiger partial charge in [-0.2, -0.15) is 0 Å². The number of esters is 1. The number of piperazine rings is 1. The number of nitrogens with zero attached hydrogens (tertiary/aromatic N) is 2. The Morgan fingerprint density at radius 1 is 1.29 bits per heavy atom. The largest absolute Gasteiger partial charge is 0.466 e. The first-order valence-electron chi connectivity index (χ1n) is 10.0. The van der Waals surface area contributed by atoms with Crippen LogP contribution in [-0.2, 0) is 19.1 Å². The average molecular weight is 425 g/mol. The van der Waals surface area contributed by atoms with Crippen LogP contribution in [0.15, 0.2) is 46.8 Å². The number of nitro benzene ring substituents is 1. The number of Topliss-reactive ketones (excluding diaryl/α,β-unsaturated/α-hetero) is 1. The number of methoxy groups -OCH3 is 1. The Labute approximate surface area is 178 Å². The highest BCUT2D eigenvalue weighted by Crippen LogP contribution is 2.50. The first-order chi connectivity index (χ1) is 14.6. The molecular weight excluding hydrogens is 402 g/mol. The van der Waals surface area contributed by atoms with E-state index >= 15 is 0 Å². The van der Waals surface area contributed by atoms with Crippen molar-refractivity contribution in [3.8, 4) is 0 Å². The summed E-state index contributed by atoms with van der Waals surface area (Å²) < 4.78 is 5.00. The van der Waals surface area contributed by atoms with E-state index in [0.717, 1.165) is 0 Å². The van der Waals surface area contributed by atoms with E-state index in [2.05, 4.69) is 5.32 Å². The van der Waals surface area contributed by atoms with Gasteiger partial charge in [-0.25, -0.2) is 4.79 Å². The van der Waals surface area contributed by atoms with Crippen molar-refractivity contribution in [2.75, 3.05) is 20.2 Å². The Kier molecular flexibility index (Phi) is 4.91. The number of amides is 1. The molecule has 1 saturated heterocycles. The Balaban J connectivity index is 2.03. The molecule has 0 radical (unpaired) electrons. The summed E-state index contributed by atoms with van der Waals surface area (Å²) in [6.45, 7) is 4.77. The third-order valence-corrected chi connectivity index (χ3v) is 5.98. The minimum Gasteiger partial charge on any atom is -0.466 e. The molecule has 1 fully saturated rings.